The molecule has 0 spiro atoms. The molecule has 0 aliphatic carbocycles. The van der Waals surface area contributed by atoms with Crippen LogP contribution in [0.3, 0.4) is 0 Å². The van der Waals surface area contributed by atoms with Crippen LogP contribution in [0.4, 0.5) is 4.79 Å². The first-order chi connectivity index (χ1) is 7.30. The zero-order valence-electron chi connectivity index (χ0n) is 11.2. The summed E-state index contributed by atoms with van der Waals surface area (Å²) in [6.45, 7) is 11.0. The summed E-state index contributed by atoms with van der Waals surface area (Å²) in [6.07, 6.45) is 0.701. The first kappa shape index (κ1) is 15.2. The summed E-state index contributed by atoms with van der Waals surface area (Å²) in [4.78, 5) is 11.4. The predicted molar refractivity (Wildman–Crippen MR) is 66.2 cm³/mol. The van der Waals surface area contributed by atoms with Crippen LogP contribution in [0.2, 0.25) is 0 Å². The maximum absolute atomic E-state index is 11.4. The molecule has 2 unspecified atom stereocenters. The standard InChI is InChI=1S/C12H26N2O2/c1-6-9(2)10(7-13)8-14-11(15)16-12(3,4)5/h9-10H,6-8,13H2,1-5H3,(H,14,15). The van der Waals surface area contributed by atoms with E-state index in [1.165, 1.54) is 0 Å². The molecule has 0 saturated heterocycles. The van der Waals surface area contributed by atoms with Gasteiger partial charge in [-0.05, 0) is 39.2 Å². The highest BCUT2D eigenvalue weighted by Gasteiger charge is 2.19. The Bertz CT molecular complexity index is 212. The Hall–Kier alpha value is -0.770. The van der Waals surface area contributed by atoms with Crippen molar-refractivity contribution in [2.24, 2.45) is 17.6 Å². The Balaban J connectivity index is 3.98. The summed E-state index contributed by atoms with van der Waals surface area (Å²) in [7, 11) is 0. The molecule has 0 aromatic heterocycles. The van der Waals surface area contributed by atoms with Gasteiger partial charge in [0.05, 0.1) is 0 Å². The van der Waals surface area contributed by atoms with Gasteiger partial charge >= 0.3 is 6.09 Å². The van der Waals surface area contributed by atoms with Crippen LogP contribution >= 0.6 is 0 Å². The second-order valence-electron chi connectivity index (χ2n) is 5.26. The van der Waals surface area contributed by atoms with Crippen molar-refractivity contribution in [1.29, 1.82) is 0 Å². The van der Waals surface area contributed by atoms with Gasteiger partial charge in [0.15, 0.2) is 0 Å². The third-order valence-corrected chi connectivity index (χ3v) is 2.66. The van der Waals surface area contributed by atoms with Gasteiger partial charge in [-0.2, -0.15) is 0 Å². The lowest BCUT2D eigenvalue weighted by atomic mass is 9.92. The molecule has 96 valence electrons. The Morgan fingerprint density at radius 2 is 2.00 bits per heavy atom. The quantitative estimate of drug-likeness (QED) is 0.760. The molecule has 0 aromatic rings. The second-order valence-corrected chi connectivity index (χ2v) is 5.26. The highest BCUT2D eigenvalue weighted by molar-refractivity contribution is 5.67. The molecule has 0 fully saturated rings. The van der Waals surface area contributed by atoms with Crippen molar-refractivity contribution in [3.63, 3.8) is 0 Å². The first-order valence-electron chi connectivity index (χ1n) is 5.97. The summed E-state index contributed by atoms with van der Waals surface area (Å²) < 4.78 is 5.16. The highest BCUT2D eigenvalue weighted by Crippen LogP contribution is 2.13. The molecule has 0 rings (SSSR count). The minimum absolute atomic E-state index is 0.317. The molecule has 0 aliphatic heterocycles. The Morgan fingerprint density at radius 3 is 2.38 bits per heavy atom. The van der Waals surface area contributed by atoms with Crippen LogP contribution in [0.25, 0.3) is 0 Å². The van der Waals surface area contributed by atoms with Gasteiger partial charge in [-0.15, -0.1) is 0 Å². The number of ether oxygens (including phenoxy) is 1. The monoisotopic (exact) mass is 230 g/mol. The van der Waals surface area contributed by atoms with Crippen molar-refractivity contribution in [2.75, 3.05) is 13.1 Å². The number of alkyl carbamates (subject to hydrolysis) is 1. The van der Waals surface area contributed by atoms with E-state index < -0.39 is 5.60 Å². The lowest BCUT2D eigenvalue weighted by Gasteiger charge is -2.24. The van der Waals surface area contributed by atoms with Gasteiger partial charge in [-0.1, -0.05) is 20.3 Å². The second kappa shape index (κ2) is 6.74. The van der Waals surface area contributed by atoms with Crippen molar-refractivity contribution in [1.82, 2.24) is 5.32 Å². The number of nitrogens with one attached hydrogen (secondary N) is 1. The molecule has 0 bridgehead atoms. The van der Waals surface area contributed by atoms with Crippen LogP contribution in [0.5, 0.6) is 0 Å². The van der Waals surface area contributed by atoms with Crippen LogP contribution in [-0.2, 0) is 4.74 Å². The van der Waals surface area contributed by atoms with Crippen molar-refractivity contribution >= 4 is 6.09 Å². The van der Waals surface area contributed by atoms with E-state index in [-0.39, 0.29) is 6.09 Å². The van der Waals surface area contributed by atoms with Crippen molar-refractivity contribution in [3.05, 3.63) is 0 Å². The van der Waals surface area contributed by atoms with Gasteiger partial charge in [0.25, 0.3) is 0 Å². The van der Waals surface area contributed by atoms with E-state index in [2.05, 4.69) is 19.2 Å². The van der Waals surface area contributed by atoms with E-state index in [0.717, 1.165) is 6.42 Å². The van der Waals surface area contributed by atoms with Gasteiger partial charge < -0.3 is 15.8 Å². The fourth-order valence-electron chi connectivity index (χ4n) is 1.38. The molecule has 0 aliphatic rings. The largest absolute Gasteiger partial charge is 0.444 e. The third kappa shape index (κ3) is 6.67. The Labute approximate surface area is 98.9 Å². The van der Waals surface area contributed by atoms with Crippen LogP contribution in [0.15, 0.2) is 0 Å². The smallest absolute Gasteiger partial charge is 0.407 e. The van der Waals surface area contributed by atoms with Gasteiger partial charge in [0.1, 0.15) is 5.60 Å². The van der Waals surface area contributed by atoms with E-state index in [4.69, 9.17) is 10.5 Å². The number of hydrogen-bond donors (Lipinski definition) is 2. The fourth-order valence-corrected chi connectivity index (χ4v) is 1.38. The van der Waals surface area contributed by atoms with Gasteiger partial charge in [-0.3, -0.25) is 0 Å². The number of carbonyl (C=O) groups is 1. The molecule has 0 saturated carbocycles. The summed E-state index contributed by atoms with van der Waals surface area (Å²) in [5.74, 6) is 0.831. The number of rotatable bonds is 5. The molecule has 0 radical (unpaired) electrons. The van der Waals surface area contributed by atoms with E-state index in [0.29, 0.717) is 24.9 Å². The SMILES string of the molecule is CCC(C)C(CN)CNC(=O)OC(C)(C)C. The topological polar surface area (TPSA) is 64.3 Å². The maximum Gasteiger partial charge on any atom is 0.407 e. The first-order valence-corrected chi connectivity index (χ1v) is 5.97. The van der Waals surface area contributed by atoms with Crippen molar-refractivity contribution in [3.8, 4) is 0 Å². The zero-order valence-corrected chi connectivity index (χ0v) is 11.2. The van der Waals surface area contributed by atoms with Crippen LogP contribution in [0.1, 0.15) is 41.0 Å². The summed E-state index contributed by atoms with van der Waals surface area (Å²) >= 11 is 0. The minimum atomic E-state index is -0.446. The van der Waals surface area contributed by atoms with Crippen LogP contribution < -0.4 is 11.1 Å². The number of carbonyl (C=O) groups excluding carboxylic acids is 1. The molecular formula is C12H26N2O2. The summed E-state index contributed by atoms with van der Waals surface area (Å²) in [5.41, 5.74) is 5.22. The third-order valence-electron chi connectivity index (χ3n) is 2.66. The molecule has 2 atom stereocenters. The van der Waals surface area contributed by atoms with Gasteiger partial charge in [0, 0.05) is 6.54 Å². The maximum atomic E-state index is 11.4. The molecule has 16 heavy (non-hydrogen) atoms. The van der Waals surface area contributed by atoms with E-state index in [9.17, 15) is 4.79 Å². The average molecular weight is 230 g/mol. The summed E-state index contributed by atoms with van der Waals surface area (Å²) in [6, 6.07) is 0. The number of hydrogen-bond acceptors (Lipinski definition) is 3. The molecule has 3 N–H and O–H groups in total. The lowest BCUT2D eigenvalue weighted by Crippen LogP contribution is -2.38. The normalized spacial score (nSPS) is 15.4. The van der Waals surface area contributed by atoms with Crippen molar-refractivity contribution < 1.29 is 9.53 Å². The predicted octanol–water partition coefficient (Wildman–Crippen LogP) is 2.13. The molecule has 0 heterocycles. The minimum Gasteiger partial charge on any atom is -0.444 e. The van der Waals surface area contributed by atoms with Crippen LogP contribution in [-0.4, -0.2) is 24.8 Å². The Kier molecular flexibility index (Phi) is 6.41. The molecule has 4 heteroatoms. The summed E-state index contributed by atoms with van der Waals surface area (Å²) in [5, 5.41) is 2.76. The molecule has 4 nitrogen and oxygen atoms in total. The Morgan fingerprint density at radius 1 is 1.44 bits per heavy atom. The molecule has 0 aromatic carbocycles. The van der Waals surface area contributed by atoms with Crippen LogP contribution in [0, 0.1) is 11.8 Å². The van der Waals surface area contributed by atoms with Crippen molar-refractivity contribution in [2.45, 2.75) is 46.6 Å². The van der Waals surface area contributed by atoms with E-state index in [1.54, 1.807) is 0 Å². The zero-order chi connectivity index (χ0) is 12.8. The van der Waals surface area contributed by atoms with E-state index in [1.807, 2.05) is 20.8 Å². The van der Waals surface area contributed by atoms with Gasteiger partial charge in [0.2, 0.25) is 0 Å². The fraction of sp³-hybridized carbons (Fsp3) is 0.917. The molecule has 1 amide bonds. The van der Waals surface area contributed by atoms with Gasteiger partial charge in [-0.25, -0.2) is 4.79 Å². The molecular weight excluding hydrogens is 204 g/mol. The highest BCUT2D eigenvalue weighted by atomic mass is 16.6. The number of amides is 1. The lowest BCUT2D eigenvalue weighted by molar-refractivity contribution is 0.0514. The average Bonchev–Trinajstić information content (AvgIpc) is 2.15. The number of nitrogens with two attached hydrogens (primary N) is 1. The van der Waals surface area contributed by atoms with E-state index >= 15 is 0 Å².